The van der Waals surface area contributed by atoms with Gasteiger partial charge in [-0.25, -0.2) is 12.8 Å². The van der Waals surface area contributed by atoms with Crippen LogP contribution in [0.15, 0.2) is 65.6 Å². The van der Waals surface area contributed by atoms with E-state index in [1.165, 1.54) is 39.3 Å². The smallest absolute Gasteiger partial charge is 0.276 e. The molecule has 1 amide bonds. The number of rotatable bonds is 8. The highest BCUT2D eigenvalue weighted by atomic mass is 32.2. The van der Waals surface area contributed by atoms with Crippen molar-refractivity contribution in [1.82, 2.24) is 14.1 Å². The number of sulfonamides is 1. The summed E-state index contributed by atoms with van der Waals surface area (Å²) >= 11 is 0. The molecule has 218 valence electrons. The molecule has 1 aliphatic rings. The van der Waals surface area contributed by atoms with Crippen LogP contribution < -0.4 is 10.1 Å². The van der Waals surface area contributed by atoms with Crippen molar-refractivity contribution in [2.24, 2.45) is 0 Å². The standard InChI is InChI=1S/C29H28FN5O6S/c1-18-7-6-8-24(19(18)2)34-29(20(3)27(32-34)28(36)31-22-11-9-21(30)10-12-22)41-25-14-13-23(35(37)38)17-26(25)42(39,40)33-15-4-5-16-33/h6-14,17H,4-5,15-16H2,1-3H3,(H,31,36). The third-order valence-corrected chi connectivity index (χ3v) is 9.14. The van der Waals surface area contributed by atoms with Crippen LogP contribution in [0.5, 0.6) is 11.6 Å². The second-order valence-electron chi connectivity index (χ2n) is 9.97. The van der Waals surface area contributed by atoms with Crippen LogP contribution >= 0.6 is 0 Å². The second kappa shape index (κ2) is 11.3. The number of amides is 1. The van der Waals surface area contributed by atoms with E-state index in [9.17, 15) is 27.7 Å². The Hall–Kier alpha value is -4.62. The largest absolute Gasteiger partial charge is 0.437 e. The number of ether oxygens (including phenoxy) is 1. The SMILES string of the molecule is Cc1cccc(-n2nc(C(=O)Nc3ccc(F)cc3)c(C)c2Oc2ccc([N+](=O)[O-])cc2S(=O)(=O)N2CCCC2)c1C. The van der Waals surface area contributed by atoms with E-state index in [2.05, 4.69) is 10.4 Å². The van der Waals surface area contributed by atoms with Crippen LogP contribution in [0.3, 0.4) is 0 Å². The lowest BCUT2D eigenvalue weighted by Crippen LogP contribution is -2.28. The van der Waals surface area contributed by atoms with Gasteiger partial charge < -0.3 is 10.1 Å². The number of carbonyl (C=O) groups is 1. The van der Waals surface area contributed by atoms with Crippen LogP contribution in [0.2, 0.25) is 0 Å². The fourth-order valence-corrected chi connectivity index (χ4v) is 6.39. The highest BCUT2D eigenvalue weighted by Crippen LogP contribution is 2.38. The Kier molecular flexibility index (Phi) is 7.80. The molecule has 0 unspecified atom stereocenters. The average molecular weight is 594 g/mol. The number of hydrogen-bond acceptors (Lipinski definition) is 7. The maximum atomic E-state index is 13.6. The Bertz CT molecular complexity index is 1800. The normalized spacial score (nSPS) is 13.7. The highest BCUT2D eigenvalue weighted by molar-refractivity contribution is 7.89. The Labute approximate surface area is 241 Å². The molecule has 0 aliphatic carbocycles. The Morgan fingerprint density at radius 1 is 1.02 bits per heavy atom. The first-order valence-electron chi connectivity index (χ1n) is 13.2. The van der Waals surface area contributed by atoms with Crippen molar-refractivity contribution >= 4 is 27.3 Å². The Morgan fingerprint density at radius 3 is 2.38 bits per heavy atom. The zero-order valence-electron chi connectivity index (χ0n) is 23.1. The molecule has 1 saturated heterocycles. The van der Waals surface area contributed by atoms with Gasteiger partial charge in [-0.3, -0.25) is 14.9 Å². The van der Waals surface area contributed by atoms with Gasteiger partial charge in [-0.1, -0.05) is 12.1 Å². The number of nitrogens with zero attached hydrogens (tertiary/aromatic N) is 4. The number of anilines is 1. The van der Waals surface area contributed by atoms with Crippen molar-refractivity contribution in [3.8, 4) is 17.3 Å². The van der Waals surface area contributed by atoms with Gasteiger partial charge in [-0.2, -0.15) is 14.1 Å². The first-order chi connectivity index (χ1) is 20.0. The number of nitro groups is 1. The molecule has 13 heteroatoms. The minimum atomic E-state index is -4.14. The van der Waals surface area contributed by atoms with E-state index in [0.29, 0.717) is 29.8 Å². The number of halogens is 1. The predicted molar refractivity (Wildman–Crippen MR) is 153 cm³/mol. The maximum Gasteiger partial charge on any atom is 0.276 e. The summed E-state index contributed by atoms with van der Waals surface area (Å²) in [4.78, 5) is 23.9. The summed E-state index contributed by atoms with van der Waals surface area (Å²) < 4.78 is 49.5. The molecule has 42 heavy (non-hydrogen) atoms. The van der Waals surface area contributed by atoms with Gasteiger partial charge in [-0.05, 0) is 81.1 Å². The van der Waals surface area contributed by atoms with Crippen molar-refractivity contribution in [2.45, 2.75) is 38.5 Å². The molecule has 1 aromatic heterocycles. The number of benzene rings is 3. The Morgan fingerprint density at radius 2 is 1.71 bits per heavy atom. The molecular formula is C29H28FN5O6S. The molecule has 0 atom stereocenters. The summed E-state index contributed by atoms with van der Waals surface area (Å²) in [5.41, 5.74) is 2.58. The zero-order valence-corrected chi connectivity index (χ0v) is 23.9. The molecule has 4 aromatic rings. The van der Waals surface area contributed by atoms with Crippen LogP contribution in [0, 0.1) is 36.7 Å². The molecule has 0 radical (unpaired) electrons. The predicted octanol–water partition coefficient (Wildman–Crippen LogP) is 5.67. The quantitative estimate of drug-likeness (QED) is 0.205. The van der Waals surface area contributed by atoms with Gasteiger partial charge in [0, 0.05) is 36.5 Å². The van der Waals surface area contributed by atoms with Gasteiger partial charge in [-0.15, -0.1) is 0 Å². The fourth-order valence-electron chi connectivity index (χ4n) is 4.74. The summed E-state index contributed by atoms with van der Waals surface area (Å²) in [6.07, 6.45) is 1.35. The van der Waals surface area contributed by atoms with Gasteiger partial charge in [0.25, 0.3) is 11.6 Å². The first-order valence-corrected chi connectivity index (χ1v) is 14.6. The van der Waals surface area contributed by atoms with Gasteiger partial charge in [0.2, 0.25) is 15.9 Å². The molecule has 1 N–H and O–H groups in total. The Balaban J connectivity index is 1.65. The van der Waals surface area contributed by atoms with Gasteiger partial charge >= 0.3 is 0 Å². The van der Waals surface area contributed by atoms with Crippen LogP contribution in [-0.2, 0) is 10.0 Å². The number of carbonyl (C=O) groups excluding carboxylic acids is 1. The number of aryl methyl sites for hydroxylation is 1. The van der Waals surface area contributed by atoms with Crippen molar-refractivity contribution in [3.05, 3.63) is 99.0 Å². The molecule has 0 spiro atoms. The summed E-state index contributed by atoms with van der Waals surface area (Å²) in [5, 5.41) is 18.8. The van der Waals surface area contributed by atoms with Gasteiger partial charge in [0.1, 0.15) is 16.5 Å². The lowest BCUT2D eigenvalue weighted by atomic mass is 10.1. The van der Waals surface area contributed by atoms with E-state index in [4.69, 9.17) is 4.74 Å². The minimum absolute atomic E-state index is 0.0129. The van der Waals surface area contributed by atoms with E-state index >= 15 is 0 Å². The van der Waals surface area contributed by atoms with E-state index in [0.717, 1.165) is 23.3 Å². The molecule has 0 saturated carbocycles. The van der Waals surface area contributed by atoms with E-state index < -0.39 is 32.4 Å². The molecule has 1 aliphatic heterocycles. The number of nitro benzene ring substituents is 1. The van der Waals surface area contributed by atoms with Crippen molar-refractivity contribution in [1.29, 1.82) is 0 Å². The number of nitrogens with one attached hydrogen (secondary N) is 1. The topological polar surface area (TPSA) is 137 Å². The zero-order chi connectivity index (χ0) is 30.2. The van der Waals surface area contributed by atoms with Crippen molar-refractivity contribution in [3.63, 3.8) is 0 Å². The van der Waals surface area contributed by atoms with Gasteiger partial charge in [0.05, 0.1) is 10.6 Å². The van der Waals surface area contributed by atoms with Crippen molar-refractivity contribution in [2.75, 3.05) is 18.4 Å². The molecule has 0 bridgehead atoms. The number of hydrogen-bond donors (Lipinski definition) is 1. The van der Waals surface area contributed by atoms with Crippen molar-refractivity contribution < 1.29 is 27.3 Å². The lowest BCUT2D eigenvalue weighted by Gasteiger charge is -2.19. The minimum Gasteiger partial charge on any atom is -0.437 e. The van der Waals surface area contributed by atoms with Crippen LogP contribution in [-0.4, -0.2) is 46.4 Å². The van der Waals surface area contributed by atoms with Gasteiger partial charge in [0.15, 0.2) is 5.69 Å². The number of aromatic nitrogens is 2. The van der Waals surface area contributed by atoms with E-state index in [-0.39, 0.29) is 35.3 Å². The number of non-ortho nitro benzene ring substituents is 1. The molecule has 3 aromatic carbocycles. The highest BCUT2D eigenvalue weighted by Gasteiger charge is 2.33. The molecule has 5 rings (SSSR count). The maximum absolute atomic E-state index is 13.6. The fraction of sp³-hybridized carbons (Fsp3) is 0.241. The van der Waals surface area contributed by atoms with Crippen LogP contribution in [0.25, 0.3) is 5.69 Å². The van der Waals surface area contributed by atoms with E-state index in [1.54, 1.807) is 13.0 Å². The summed E-state index contributed by atoms with van der Waals surface area (Å²) in [6, 6.07) is 14.1. The summed E-state index contributed by atoms with van der Waals surface area (Å²) in [7, 11) is -4.14. The average Bonchev–Trinajstić information content (AvgIpc) is 3.61. The van der Waals surface area contributed by atoms with Crippen LogP contribution in [0.4, 0.5) is 15.8 Å². The molecule has 11 nitrogen and oxygen atoms in total. The first kappa shape index (κ1) is 28.9. The molecule has 1 fully saturated rings. The third-order valence-electron chi connectivity index (χ3n) is 7.22. The van der Waals surface area contributed by atoms with Crippen LogP contribution in [0.1, 0.15) is 40.0 Å². The summed E-state index contributed by atoms with van der Waals surface area (Å²) in [5.74, 6) is -1.14. The third kappa shape index (κ3) is 5.48. The summed E-state index contributed by atoms with van der Waals surface area (Å²) in [6.45, 7) is 5.96. The monoisotopic (exact) mass is 593 g/mol. The second-order valence-corrected chi connectivity index (χ2v) is 11.9. The van der Waals surface area contributed by atoms with E-state index in [1.807, 2.05) is 26.0 Å². The molecular weight excluding hydrogens is 565 g/mol. The molecule has 2 heterocycles. The lowest BCUT2D eigenvalue weighted by molar-refractivity contribution is -0.385.